The van der Waals surface area contributed by atoms with Crippen LogP contribution in [0.5, 0.6) is 0 Å². The molecule has 0 aliphatic carbocycles. The van der Waals surface area contributed by atoms with E-state index in [4.69, 9.17) is 5.11 Å². The molecule has 0 saturated carbocycles. The van der Waals surface area contributed by atoms with Gasteiger partial charge in [-0.25, -0.2) is 0 Å². The standard InChI is InChI=1S/C11H19NO2S/c1-11(2)3-4-15-7-9(11)12-5-8(6-12)10(13)14/h8-9H,3-7H2,1-2H3,(H,13,14). The van der Waals surface area contributed by atoms with Gasteiger partial charge in [0.15, 0.2) is 0 Å². The fraction of sp³-hybridized carbons (Fsp3) is 0.909. The van der Waals surface area contributed by atoms with E-state index in [1.807, 2.05) is 11.8 Å². The van der Waals surface area contributed by atoms with Gasteiger partial charge in [-0.1, -0.05) is 13.8 Å². The van der Waals surface area contributed by atoms with E-state index in [2.05, 4.69) is 18.7 Å². The quantitative estimate of drug-likeness (QED) is 0.779. The van der Waals surface area contributed by atoms with Crippen molar-refractivity contribution < 1.29 is 9.90 Å². The average Bonchev–Trinajstić information content (AvgIpc) is 2.04. The van der Waals surface area contributed by atoms with Gasteiger partial charge in [0.1, 0.15) is 0 Å². The van der Waals surface area contributed by atoms with E-state index in [0.717, 1.165) is 13.1 Å². The topological polar surface area (TPSA) is 40.5 Å². The van der Waals surface area contributed by atoms with Crippen LogP contribution in [0.3, 0.4) is 0 Å². The highest BCUT2D eigenvalue weighted by atomic mass is 32.2. The first kappa shape index (κ1) is 11.3. The second-order valence-corrected chi connectivity index (χ2v) is 6.47. The van der Waals surface area contributed by atoms with Crippen molar-refractivity contribution >= 4 is 17.7 Å². The van der Waals surface area contributed by atoms with Crippen molar-refractivity contribution in [1.29, 1.82) is 0 Å². The van der Waals surface area contributed by atoms with Crippen LogP contribution in [0.4, 0.5) is 0 Å². The van der Waals surface area contributed by atoms with Gasteiger partial charge >= 0.3 is 5.97 Å². The molecule has 2 aliphatic rings. The molecule has 0 radical (unpaired) electrons. The van der Waals surface area contributed by atoms with Gasteiger partial charge in [0.2, 0.25) is 0 Å². The maximum atomic E-state index is 10.7. The Morgan fingerprint density at radius 3 is 2.67 bits per heavy atom. The molecule has 15 heavy (non-hydrogen) atoms. The van der Waals surface area contributed by atoms with E-state index in [0.29, 0.717) is 11.5 Å². The van der Waals surface area contributed by atoms with Crippen molar-refractivity contribution in [3.8, 4) is 0 Å². The smallest absolute Gasteiger partial charge is 0.309 e. The Hall–Kier alpha value is -0.220. The molecule has 3 nitrogen and oxygen atoms in total. The fourth-order valence-electron chi connectivity index (χ4n) is 2.45. The number of aliphatic carboxylic acids is 1. The van der Waals surface area contributed by atoms with Crippen molar-refractivity contribution in [3.63, 3.8) is 0 Å². The first-order valence-corrected chi connectivity index (χ1v) is 6.71. The Labute approximate surface area is 95.2 Å². The van der Waals surface area contributed by atoms with Crippen LogP contribution in [0.1, 0.15) is 20.3 Å². The molecule has 1 unspecified atom stereocenters. The molecule has 2 aliphatic heterocycles. The summed E-state index contributed by atoms with van der Waals surface area (Å²) in [5, 5.41) is 8.85. The van der Waals surface area contributed by atoms with Crippen molar-refractivity contribution in [2.24, 2.45) is 11.3 Å². The van der Waals surface area contributed by atoms with E-state index < -0.39 is 5.97 Å². The van der Waals surface area contributed by atoms with Gasteiger partial charge < -0.3 is 5.11 Å². The molecule has 2 rings (SSSR count). The zero-order valence-electron chi connectivity index (χ0n) is 9.40. The van der Waals surface area contributed by atoms with Crippen LogP contribution in [-0.4, -0.2) is 46.6 Å². The van der Waals surface area contributed by atoms with E-state index in [9.17, 15) is 4.79 Å². The maximum absolute atomic E-state index is 10.7. The van der Waals surface area contributed by atoms with Crippen LogP contribution < -0.4 is 0 Å². The number of carboxylic acids is 1. The highest BCUT2D eigenvalue weighted by molar-refractivity contribution is 7.99. The van der Waals surface area contributed by atoms with Gasteiger partial charge in [-0.15, -0.1) is 0 Å². The molecule has 2 heterocycles. The molecule has 0 amide bonds. The summed E-state index contributed by atoms with van der Waals surface area (Å²) in [6.45, 7) is 6.13. The van der Waals surface area contributed by atoms with Gasteiger partial charge in [0.25, 0.3) is 0 Å². The molecule has 0 spiro atoms. The zero-order valence-corrected chi connectivity index (χ0v) is 10.2. The second-order valence-electron chi connectivity index (χ2n) is 5.32. The number of hydrogen-bond acceptors (Lipinski definition) is 3. The first-order chi connectivity index (χ1) is 7.00. The lowest BCUT2D eigenvalue weighted by molar-refractivity contribution is -0.149. The molecule has 2 saturated heterocycles. The van der Waals surface area contributed by atoms with Gasteiger partial charge in [0.05, 0.1) is 5.92 Å². The molecule has 0 aromatic rings. The third-order valence-electron chi connectivity index (χ3n) is 3.77. The van der Waals surface area contributed by atoms with Crippen LogP contribution in [0, 0.1) is 11.3 Å². The number of rotatable bonds is 2. The number of nitrogens with zero attached hydrogens (tertiary/aromatic N) is 1. The molecular formula is C11H19NO2S. The first-order valence-electron chi connectivity index (χ1n) is 5.55. The Morgan fingerprint density at radius 2 is 2.13 bits per heavy atom. The number of carboxylic acid groups (broad SMARTS) is 1. The lowest BCUT2D eigenvalue weighted by Gasteiger charge is -2.50. The van der Waals surface area contributed by atoms with Gasteiger partial charge in [0, 0.05) is 24.9 Å². The summed E-state index contributed by atoms with van der Waals surface area (Å²) in [7, 11) is 0. The van der Waals surface area contributed by atoms with Crippen LogP contribution in [0.25, 0.3) is 0 Å². The fourth-order valence-corrected chi connectivity index (χ4v) is 4.17. The highest BCUT2D eigenvalue weighted by Gasteiger charge is 2.43. The Balaban J connectivity index is 1.92. The van der Waals surface area contributed by atoms with Crippen molar-refractivity contribution in [2.75, 3.05) is 24.6 Å². The molecule has 0 aromatic heterocycles. The predicted molar refractivity (Wildman–Crippen MR) is 62.2 cm³/mol. The lowest BCUT2D eigenvalue weighted by Crippen LogP contribution is -2.60. The summed E-state index contributed by atoms with van der Waals surface area (Å²) in [6.07, 6.45) is 1.25. The van der Waals surface area contributed by atoms with Crippen LogP contribution in [0.15, 0.2) is 0 Å². The predicted octanol–water partition coefficient (Wildman–Crippen LogP) is 1.53. The third-order valence-corrected chi connectivity index (χ3v) is 4.81. The number of thioether (sulfide) groups is 1. The monoisotopic (exact) mass is 229 g/mol. The third kappa shape index (κ3) is 2.16. The minimum Gasteiger partial charge on any atom is -0.481 e. The zero-order chi connectivity index (χ0) is 11.1. The summed E-state index contributed by atoms with van der Waals surface area (Å²) in [6, 6.07) is 0.576. The minimum atomic E-state index is -0.632. The van der Waals surface area contributed by atoms with Crippen molar-refractivity contribution in [1.82, 2.24) is 4.90 Å². The van der Waals surface area contributed by atoms with E-state index in [-0.39, 0.29) is 5.92 Å². The summed E-state index contributed by atoms with van der Waals surface area (Å²) >= 11 is 2.00. The van der Waals surface area contributed by atoms with Crippen LogP contribution >= 0.6 is 11.8 Å². The molecule has 86 valence electrons. The molecule has 0 bridgehead atoms. The summed E-state index contributed by atoms with van der Waals surface area (Å²) in [5.74, 6) is 1.67. The Morgan fingerprint density at radius 1 is 1.47 bits per heavy atom. The SMILES string of the molecule is CC1(C)CCSCC1N1CC(C(=O)O)C1. The largest absolute Gasteiger partial charge is 0.481 e. The number of carbonyl (C=O) groups is 1. The molecule has 1 atom stereocenters. The normalized spacial score (nSPS) is 32.3. The average molecular weight is 229 g/mol. The lowest BCUT2D eigenvalue weighted by atomic mass is 9.79. The number of hydrogen-bond donors (Lipinski definition) is 1. The number of likely N-dealkylation sites (tertiary alicyclic amines) is 1. The summed E-state index contributed by atoms with van der Waals surface area (Å²) in [5.41, 5.74) is 0.356. The van der Waals surface area contributed by atoms with Gasteiger partial charge in [-0.3, -0.25) is 9.69 Å². The van der Waals surface area contributed by atoms with E-state index in [1.54, 1.807) is 0 Å². The Kier molecular flexibility index (Phi) is 2.99. The summed E-state index contributed by atoms with van der Waals surface area (Å²) in [4.78, 5) is 13.1. The van der Waals surface area contributed by atoms with Gasteiger partial charge in [-0.05, 0) is 17.6 Å². The molecular weight excluding hydrogens is 210 g/mol. The van der Waals surface area contributed by atoms with Crippen LogP contribution in [0.2, 0.25) is 0 Å². The molecule has 4 heteroatoms. The molecule has 0 aromatic carbocycles. The highest BCUT2D eigenvalue weighted by Crippen LogP contribution is 2.39. The maximum Gasteiger partial charge on any atom is 0.309 e. The van der Waals surface area contributed by atoms with Gasteiger partial charge in [-0.2, -0.15) is 11.8 Å². The van der Waals surface area contributed by atoms with Crippen LogP contribution in [-0.2, 0) is 4.79 Å². The van der Waals surface area contributed by atoms with Crippen molar-refractivity contribution in [2.45, 2.75) is 26.3 Å². The van der Waals surface area contributed by atoms with Crippen molar-refractivity contribution in [3.05, 3.63) is 0 Å². The van der Waals surface area contributed by atoms with E-state index >= 15 is 0 Å². The molecule has 1 N–H and O–H groups in total. The summed E-state index contributed by atoms with van der Waals surface area (Å²) < 4.78 is 0. The molecule has 2 fully saturated rings. The Bertz CT molecular complexity index is 261. The van der Waals surface area contributed by atoms with E-state index in [1.165, 1.54) is 17.9 Å². The minimum absolute atomic E-state index is 0.118. The second kappa shape index (κ2) is 3.98.